The molecule has 0 aliphatic heterocycles. The highest BCUT2D eigenvalue weighted by molar-refractivity contribution is 7.93. The molecule has 0 aliphatic rings. The molecular formula is C18H25N3O4S2. The Bertz CT molecular complexity index is 836. The molecule has 1 aromatic carbocycles. The Morgan fingerprint density at radius 2 is 2.11 bits per heavy atom. The van der Waals surface area contributed by atoms with Crippen molar-refractivity contribution in [2.45, 2.75) is 23.8 Å². The van der Waals surface area contributed by atoms with Crippen molar-refractivity contribution in [3.05, 3.63) is 47.3 Å². The third-order valence-corrected chi connectivity index (χ3v) is 6.90. The van der Waals surface area contributed by atoms with Crippen LogP contribution in [0.4, 0.5) is 0 Å². The summed E-state index contributed by atoms with van der Waals surface area (Å²) in [6.07, 6.45) is -1.04. The van der Waals surface area contributed by atoms with E-state index in [0.717, 1.165) is 22.6 Å². The molecule has 148 valence electrons. The number of aliphatic hydroxyl groups excluding tert-OH is 1. The van der Waals surface area contributed by atoms with Crippen molar-refractivity contribution in [1.82, 2.24) is 10.6 Å². The van der Waals surface area contributed by atoms with E-state index in [9.17, 15) is 13.5 Å². The van der Waals surface area contributed by atoms with Crippen LogP contribution in [0.3, 0.4) is 0 Å². The first kappa shape index (κ1) is 21.2. The van der Waals surface area contributed by atoms with Crippen LogP contribution in [0.25, 0.3) is 0 Å². The Hall–Kier alpha value is -2.10. The first-order valence-corrected chi connectivity index (χ1v) is 11.1. The van der Waals surface area contributed by atoms with E-state index < -0.39 is 15.9 Å². The number of ether oxygens (including phenoxy) is 1. The minimum atomic E-state index is -3.48. The summed E-state index contributed by atoms with van der Waals surface area (Å²) in [6, 6.07) is 10.8. The molecule has 0 saturated carbocycles. The number of hydrogen-bond donors (Lipinski definition) is 3. The average molecular weight is 412 g/mol. The van der Waals surface area contributed by atoms with E-state index in [1.54, 1.807) is 24.6 Å². The van der Waals surface area contributed by atoms with Gasteiger partial charge in [-0.05, 0) is 36.1 Å². The molecular weight excluding hydrogens is 386 g/mol. The van der Waals surface area contributed by atoms with Gasteiger partial charge < -0.3 is 20.5 Å². The molecule has 7 nitrogen and oxygen atoms in total. The van der Waals surface area contributed by atoms with Gasteiger partial charge in [-0.15, -0.1) is 11.3 Å². The summed E-state index contributed by atoms with van der Waals surface area (Å²) >= 11 is 1.15. The Balaban J connectivity index is 1.92. The van der Waals surface area contributed by atoms with Crippen molar-refractivity contribution in [3.63, 3.8) is 0 Å². The zero-order valence-electron chi connectivity index (χ0n) is 15.4. The number of nitrogens with one attached hydrogen (secondary N) is 2. The van der Waals surface area contributed by atoms with E-state index in [4.69, 9.17) is 4.74 Å². The molecule has 3 N–H and O–H groups in total. The van der Waals surface area contributed by atoms with Crippen molar-refractivity contribution in [1.29, 1.82) is 0 Å². The van der Waals surface area contributed by atoms with Gasteiger partial charge in [0.15, 0.2) is 15.8 Å². The van der Waals surface area contributed by atoms with E-state index in [1.807, 2.05) is 31.2 Å². The van der Waals surface area contributed by atoms with Crippen molar-refractivity contribution < 1.29 is 18.3 Å². The summed E-state index contributed by atoms with van der Waals surface area (Å²) < 4.78 is 29.9. The van der Waals surface area contributed by atoms with Crippen molar-refractivity contribution in [3.8, 4) is 5.75 Å². The molecule has 0 amide bonds. The standard InChI is InChI=1S/C18H25N3O4S2/c1-3-19-18(20-11-14-6-4-7-16(10-14)25-2)21-12-15(22)13-27(23,24)17-8-5-9-26-17/h4-10,15,22H,3,11-13H2,1-2H3,(H2,19,20,21). The Morgan fingerprint density at radius 1 is 1.30 bits per heavy atom. The van der Waals surface area contributed by atoms with Crippen molar-refractivity contribution in [2.75, 3.05) is 26.0 Å². The molecule has 0 fully saturated rings. The van der Waals surface area contributed by atoms with Crippen LogP contribution >= 0.6 is 11.3 Å². The zero-order valence-corrected chi connectivity index (χ0v) is 17.0. The lowest BCUT2D eigenvalue weighted by Crippen LogP contribution is -2.42. The number of guanidine groups is 1. The lowest BCUT2D eigenvalue weighted by molar-refractivity contribution is 0.200. The second-order valence-electron chi connectivity index (χ2n) is 5.79. The first-order chi connectivity index (χ1) is 12.9. The highest BCUT2D eigenvalue weighted by Gasteiger charge is 2.20. The van der Waals surface area contributed by atoms with Crippen LogP contribution in [0.2, 0.25) is 0 Å². The summed E-state index contributed by atoms with van der Waals surface area (Å²) in [5.41, 5.74) is 0.979. The van der Waals surface area contributed by atoms with Gasteiger partial charge in [-0.1, -0.05) is 18.2 Å². The quantitative estimate of drug-likeness (QED) is 0.429. The molecule has 1 aromatic heterocycles. The molecule has 1 heterocycles. The van der Waals surface area contributed by atoms with Crippen LogP contribution in [0, 0.1) is 0 Å². The normalized spacial score (nSPS) is 13.2. The number of rotatable bonds is 9. The van der Waals surface area contributed by atoms with Gasteiger partial charge in [-0.25, -0.2) is 13.4 Å². The maximum absolute atomic E-state index is 12.2. The number of sulfone groups is 1. The lowest BCUT2D eigenvalue weighted by Gasteiger charge is -2.15. The third-order valence-electron chi connectivity index (χ3n) is 3.62. The second kappa shape index (κ2) is 10.3. The minimum Gasteiger partial charge on any atom is -0.497 e. The Labute approximate surface area is 164 Å². The average Bonchev–Trinajstić information content (AvgIpc) is 3.19. The molecule has 9 heteroatoms. The molecule has 0 aliphatic carbocycles. The van der Waals surface area contributed by atoms with E-state index >= 15 is 0 Å². The van der Waals surface area contributed by atoms with Crippen LogP contribution in [-0.2, 0) is 16.4 Å². The van der Waals surface area contributed by atoms with Crippen LogP contribution in [0.15, 0.2) is 51.0 Å². The lowest BCUT2D eigenvalue weighted by atomic mass is 10.2. The molecule has 2 rings (SSSR count). The molecule has 1 atom stereocenters. The number of aliphatic imine (C=N–C) groups is 1. The number of methoxy groups -OCH3 is 1. The fourth-order valence-corrected chi connectivity index (χ4v) is 4.81. The van der Waals surface area contributed by atoms with Crippen LogP contribution in [0.5, 0.6) is 5.75 Å². The van der Waals surface area contributed by atoms with Gasteiger partial charge in [0.05, 0.1) is 25.5 Å². The van der Waals surface area contributed by atoms with Crippen LogP contribution < -0.4 is 15.4 Å². The monoisotopic (exact) mass is 411 g/mol. The number of thiophene rings is 1. The highest BCUT2D eigenvalue weighted by Crippen LogP contribution is 2.18. The maximum Gasteiger partial charge on any atom is 0.191 e. The molecule has 27 heavy (non-hydrogen) atoms. The van der Waals surface area contributed by atoms with Gasteiger partial charge in [0, 0.05) is 13.1 Å². The summed E-state index contributed by atoms with van der Waals surface area (Å²) in [5, 5.41) is 17.9. The summed E-state index contributed by atoms with van der Waals surface area (Å²) in [6.45, 7) is 3.08. The van der Waals surface area contributed by atoms with Gasteiger partial charge in [0.1, 0.15) is 9.96 Å². The molecule has 2 aromatic rings. The maximum atomic E-state index is 12.2. The summed E-state index contributed by atoms with van der Waals surface area (Å²) in [4.78, 5) is 4.46. The molecule has 0 bridgehead atoms. The van der Waals surface area contributed by atoms with Gasteiger partial charge in [-0.2, -0.15) is 0 Å². The van der Waals surface area contributed by atoms with E-state index in [-0.39, 0.29) is 16.5 Å². The molecule has 0 spiro atoms. The predicted molar refractivity (Wildman–Crippen MR) is 108 cm³/mol. The van der Waals surface area contributed by atoms with Gasteiger partial charge in [0.2, 0.25) is 0 Å². The smallest absolute Gasteiger partial charge is 0.191 e. The SMILES string of the molecule is CCNC(=NCc1cccc(OC)c1)NCC(O)CS(=O)(=O)c1cccs1. The minimum absolute atomic E-state index is 0.0779. The number of nitrogens with zero attached hydrogens (tertiary/aromatic N) is 1. The fraction of sp³-hybridized carbons (Fsp3) is 0.389. The second-order valence-corrected chi connectivity index (χ2v) is 9.00. The van der Waals surface area contributed by atoms with Crippen LogP contribution in [-0.4, -0.2) is 51.5 Å². The van der Waals surface area contributed by atoms with E-state index in [0.29, 0.717) is 19.0 Å². The third kappa shape index (κ3) is 6.85. The zero-order chi connectivity index (χ0) is 19.7. The predicted octanol–water partition coefficient (Wildman–Crippen LogP) is 1.65. The van der Waals surface area contributed by atoms with Gasteiger partial charge in [-0.3, -0.25) is 0 Å². The first-order valence-electron chi connectivity index (χ1n) is 8.54. The summed E-state index contributed by atoms with van der Waals surface area (Å²) in [5.74, 6) is 0.929. The molecule has 0 radical (unpaired) electrons. The fourth-order valence-electron chi connectivity index (χ4n) is 2.33. The highest BCUT2D eigenvalue weighted by atomic mass is 32.2. The van der Waals surface area contributed by atoms with E-state index in [2.05, 4.69) is 15.6 Å². The van der Waals surface area contributed by atoms with Crippen molar-refractivity contribution >= 4 is 27.1 Å². The molecule has 1 unspecified atom stereocenters. The Morgan fingerprint density at radius 3 is 2.78 bits per heavy atom. The number of hydrogen-bond acceptors (Lipinski definition) is 6. The number of aliphatic hydroxyl groups is 1. The van der Waals surface area contributed by atoms with E-state index in [1.165, 1.54) is 0 Å². The summed E-state index contributed by atoms with van der Waals surface area (Å²) in [7, 11) is -1.87. The van der Waals surface area contributed by atoms with Crippen LogP contribution in [0.1, 0.15) is 12.5 Å². The topological polar surface area (TPSA) is 100 Å². The van der Waals surface area contributed by atoms with Gasteiger partial charge >= 0.3 is 0 Å². The number of benzene rings is 1. The van der Waals surface area contributed by atoms with Gasteiger partial charge in [0.25, 0.3) is 0 Å². The largest absolute Gasteiger partial charge is 0.497 e. The Kier molecular flexibility index (Phi) is 8.08. The van der Waals surface area contributed by atoms with Crippen molar-refractivity contribution in [2.24, 2.45) is 4.99 Å². The molecule has 0 saturated heterocycles.